The van der Waals surface area contributed by atoms with E-state index in [-0.39, 0.29) is 25.8 Å². The summed E-state index contributed by atoms with van der Waals surface area (Å²) in [6.45, 7) is 0.146. The Kier molecular flexibility index (Phi) is 9.20. The summed E-state index contributed by atoms with van der Waals surface area (Å²) in [6, 6.07) is 25.2. The van der Waals surface area contributed by atoms with E-state index in [0.29, 0.717) is 5.69 Å². The largest absolute Gasteiger partial charge is 0.481 e. The predicted molar refractivity (Wildman–Crippen MR) is 135 cm³/mol. The monoisotopic (exact) mass is 496 g/mol. The lowest BCUT2D eigenvalue weighted by Gasteiger charge is -2.33. The number of amides is 1. The molecule has 1 amide bonds. The van der Waals surface area contributed by atoms with Gasteiger partial charge in [-0.3, -0.25) is 14.2 Å². The average Bonchev–Trinajstić information content (AvgIpc) is 2.84. The van der Waals surface area contributed by atoms with Crippen LogP contribution in [0.5, 0.6) is 0 Å². The molecule has 0 spiro atoms. The van der Waals surface area contributed by atoms with Crippen LogP contribution in [0.25, 0.3) is 11.1 Å². The van der Waals surface area contributed by atoms with Gasteiger partial charge in [0, 0.05) is 25.1 Å². The van der Waals surface area contributed by atoms with Crippen LogP contribution in [0.4, 0.5) is 5.69 Å². The normalized spacial score (nSPS) is 12.1. The minimum atomic E-state index is -4.51. The Morgan fingerprint density at radius 1 is 0.857 bits per heavy atom. The minimum absolute atomic E-state index is 0.0865. The fourth-order valence-electron chi connectivity index (χ4n) is 3.78. The van der Waals surface area contributed by atoms with E-state index in [9.17, 15) is 23.9 Å². The first-order chi connectivity index (χ1) is 16.7. The first-order valence-corrected chi connectivity index (χ1v) is 13.0. The first kappa shape index (κ1) is 26.2. The lowest BCUT2D eigenvalue weighted by Crippen LogP contribution is -2.49. The fourth-order valence-corrected chi connectivity index (χ4v) is 4.54. The summed E-state index contributed by atoms with van der Waals surface area (Å²) in [4.78, 5) is 44.9. The molecule has 0 aromatic heterocycles. The van der Waals surface area contributed by atoms with Crippen molar-refractivity contribution in [2.24, 2.45) is 0 Å². The third kappa shape index (κ3) is 8.37. The zero-order valence-electron chi connectivity index (χ0n) is 19.2. The van der Waals surface area contributed by atoms with Crippen molar-refractivity contribution in [1.29, 1.82) is 0 Å². The highest BCUT2D eigenvalue weighted by Gasteiger charge is 2.31. The number of carbonyl (C=O) groups is 2. The van der Waals surface area contributed by atoms with Gasteiger partial charge in [0.25, 0.3) is 0 Å². The molecule has 0 aliphatic rings. The summed E-state index contributed by atoms with van der Waals surface area (Å²) in [5, 5.41) is 11.6. The maximum Gasteiger partial charge on any atom is 0.344 e. The Morgan fingerprint density at radius 2 is 1.43 bits per heavy atom. The second-order valence-corrected chi connectivity index (χ2v) is 9.79. The van der Waals surface area contributed by atoms with E-state index in [1.807, 2.05) is 54.6 Å². The van der Waals surface area contributed by atoms with E-state index in [0.717, 1.165) is 16.7 Å². The Morgan fingerprint density at radius 3 is 2.00 bits per heavy atom. The molecule has 0 bridgehead atoms. The van der Waals surface area contributed by atoms with Gasteiger partial charge in [0.2, 0.25) is 5.91 Å². The minimum Gasteiger partial charge on any atom is -0.481 e. The number of anilines is 1. The smallest absolute Gasteiger partial charge is 0.344 e. The van der Waals surface area contributed by atoms with E-state index in [1.165, 1.54) is 4.90 Å². The van der Waals surface area contributed by atoms with Crippen LogP contribution < -0.4 is 10.2 Å². The van der Waals surface area contributed by atoms with Gasteiger partial charge < -0.3 is 25.1 Å². The van der Waals surface area contributed by atoms with E-state index in [4.69, 9.17) is 5.11 Å². The van der Waals surface area contributed by atoms with E-state index in [2.05, 4.69) is 5.32 Å². The molecule has 3 aromatic carbocycles. The highest BCUT2D eigenvalue weighted by Crippen LogP contribution is 2.38. The Bertz CT molecular complexity index is 1150. The summed E-state index contributed by atoms with van der Waals surface area (Å²) in [6.07, 6.45) is -0.263. The third-order valence-corrected chi connectivity index (χ3v) is 6.13. The molecular formula is C26H29N2O6P. The van der Waals surface area contributed by atoms with Crippen molar-refractivity contribution in [1.82, 2.24) is 5.32 Å². The molecule has 8 nitrogen and oxygen atoms in total. The number of para-hydroxylation sites is 1. The average molecular weight is 497 g/mol. The lowest BCUT2D eigenvalue weighted by molar-refractivity contribution is -0.137. The number of carboxylic acid groups (broad SMARTS) is 1. The number of rotatable bonds is 12. The Hall–Kier alpha value is -3.45. The summed E-state index contributed by atoms with van der Waals surface area (Å²) in [5.41, 5.74) is 3.39. The molecule has 0 saturated carbocycles. The number of hydrogen-bond acceptors (Lipinski definition) is 4. The molecule has 0 aliphatic heterocycles. The molecule has 0 unspecified atom stereocenters. The summed E-state index contributed by atoms with van der Waals surface area (Å²) in [5.74, 6) is -1.39. The van der Waals surface area contributed by atoms with Crippen LogP contribution in [0.1, 0.15) is 18.4 Å². The van der Waals surface area contributed by atoms with Crippen molar-refractivity contribution >= 4 is 25.2 Å². The van der Waals surface area contributed by atoms with Crippen LogP contribution in [0.15, 0.2) is 84.9 Å². The molecule has 0 radical (unpaired) electrons. The number of nitrogens with one attached hydrogen (secondary N) is 1. The third-order valence-electron chi connectivity index (χ3n) is 5.46. The van der Waals surface area contributed by atoms with E-state index in [1.54, 1.807) is 30.3 Å². The van der Waals surface area contributed by atoms with Gasteiger partial charge in [0.15, 0.2) is 0 Å². The number of hydrogen-bond donors (Lipinski definition) is 4. The molecular weight excluding hydrogens is 467 g/mol. The van der Waals surface area contributed by atoms with Gasteiger partial charge in [-0.1, -0.05) is 72.8 Å². The summed E-state index contributed by atoms with van der Waals surface area (Å²) in [7, 11) is -4.51. The lowest BCUT2D eigenvalue weighted by atomic mass is 9.99. The van der Waals surface area contributed by atoms with Crippen molar-refractivity contribution in [3.05, 3.63) is 90.5 Å². The SMILES string of the molecule is O=C(O)CCCNC(=O)[C@H](Cc1ccc(-c2ccccc2)cc1)N(CP(=O)(O)O)c1ccccc1. The van der Waals surface area contributed by atoms with Crippen molar-refractivity contribution in [2.45, 2.75) is 25.3 Å². The molecule has 184 valence electrons. The molecule has 35 heavy (non-hydrogen) atoms. The summed E-state index contributed by atoms with van der Waals surface area (Å²) >= 11 is 0. The molecule has 4 N–H and O–H groups in total. The number of carbonyl (C=O) groups excluding carboxylic acids is 1. The van der Waals surface area contributed by atoms with Crippen molar-refractivity contribution in [3.8, 4) is 11.1 Å². The number of carboxylic acids is 1. The van der Waals surface area contributed by atoms with Crippen LogP contribution in [-0.4, -0.2) is 45.6 Å². The zero-order chi connectivity index (χ0) is 25.3. The van der Waals surface area contributed by atoms with Gasteiger partial charge in [-0.15, -0.1) is 0 Å². The maximum atomic E-state index is 13.2. The second-order valence-electron chi connectivity index (χ2n) is 8.18. The number of nitrogens with zero attached hydrogens (tertiary/aromatic N) is 1. The maximum absolute atomic E-state index is 13.2. The van der Waals surface area contributed by atoms with Crippen LogP contribution in [-0.2, 0) is 20.6 Å². The molecule has 0 saturated heterocycles. The van der Waals surface area contributed by atoms with Gasteiger partial charge in [-0.2, -0.15) is 0 Å². The molecule has 1 atom stereocenters. The number of aliphatic carboxylic acids is 1. The molecule has 3 rings (SSSR count). The van der Waals surface area contributed by atoms with Crippen molar-refractivity contribution in [2.75, 3.05) is 17.7 Å². The van der Waals surface area contributed by atoms with Crippen molar-refractivity contribution in [3.63, 3.8) is 0 Å². The number of benzene rings is 3. The molecule has 0 aliphatic carbocycles. The quantitative estimate of drug-likeness (QED) is 0.221. The van der Waals surface area contributed by atoms with Crippen LogP contribution in [0.3, 0.4) is 0 Å². The van der Waals surface area contributed by atoms with Gasteiger partial charge >= 0.3 is 13.6 Å². The highest BCUT2D eigenvalue weighted by molar-refractivity contribution is 7.51. The van der Waals surface area contributed by atoms with Crippen LogP contribution in [0, 0.1) is 0 Å². The zero-order valence-corrected chi connectivity index (χ0v) is 20.1. The molecule has 0 fully saturated rings. The van der Waals surface area contributed by atoms with Crippen LogP contribution >= 0.6 is 7.60 Å². The van der Waals surface area contributed by atoms with E-state index < -0.39 is 31.8 Å². The standard InChI is InChI=1S/C26H29N2O6P/c29-25(30)12-7-17-27-26(31)24(28(19-35(32,33)34)23-10-5-2-6-11-23)18-20-13-15-22(16-14-20)21-8-3-1-4-9-21/h1-6,8-11,13-16,24H,7,12,17-19H2,(H,27,31)(H,29,30)(H2,32,33,34)/t24-/m0/s1. The van der Waals surface area contributed by atoms with Gasteiger partial charge in [-0.05, 0) is 35.2 Å². The van der Waals surface area contributed by atoms with Gasteiger partial charge in [0.1, 0.15) is 12.3 Å². The molecule has 9 heteroatoms. The highest BCUT2D eigenvalue weighted by atomic mass is 31.2. The second kappa shape index (κ2) is 12.3. The topological polar surface area (TPSA) is 127 Å². The predicted octanol–water partition coefficient (Wildman–Crippen LogP) is 3.89. The summed E-state index contributed by atoms with van der Waals surface area (Å²) < 4.78 is 12.0. The van der Waals surface area contributed by atoms with E-state index >= 15 is 0 Å². The molecule has 0 heterocycles. The van der Waals surface area contributed by atoms with Gasteiger partial charge in [-0.25, -0.2) is 0 Å². The van der Waals surface area contributed by atoms with Crippen LogP contribution in [0.2, 0.25) is 0 Å². The Labute approximate surface area is 204 Å². The fraction of sp³-hybridized carbons (Fsp3) is 0.231. The van der Waals surface area contributed by atoms with Crippen molar-refractivity contribution < 1.29 is 29.0 Å². The molecule has 3 aromatic rings. The Balaban J connectivity index is 1.88. The first-order valence-electron chi connectivity index (χ1n) is 11.2. The van der Waals surface area contributed by atoms with Gasteiger partial charge in [0.05, 0.1) is 0 Å².